The van der Waals surface area contributed by atoms with E-state index in [-0.39, 0.29) is 5.92 Å². The molecule has 2 fully saturated rings. The minimum absolute atomic E-state index is 0.169. The van der Waals surface area contributed by atoms with Gasteiger partial charge in [0.15, 0.2) is 0 Å². The van der Waals surface area contributed by atoms with Crippen LogP contribution in [0.15, 0.2) is 0 Å². The van der Waals surface area contributed by atoms with E-state index in [4.69, 9.17) is 10.7 Å². The highest BCUT2D eigenvalue weighted by atomic mass is 35.7. The van der Waals surface area contributed by atoms with Gasteiger partial charge in [0, 0.05) is 16.6 Å². The van der Waals surface area contributed by atoms with Crippen LogP contribution in [-0.4, -0.2) is 23.9 Å². The smallest absolute Gasteiger partial charge is 0.238 e. The molecular formula is C9H15ClO3S. The summed E-state index contributed by atoms with van der Waals surface area (Å²) in [6.07, 6.45) is 3.58. The van der Waals surface area contributed by atoms with Gasteiger partial charge in [-0.3, -0.25) is 0 Å². The van der Waals surface area contributed by atoms with Crippen molar-refractivity contribution in [2.75, 3.05) is 0 Å². The molecular weight excluding hydrogens is 224 g/mol. The standard InChI is InChI=1S/C9H15ClO3S/c1-8(11)4-2-3-7(8)9(5-6-9)14(10,12)13/h7,11H,2-6H2,1H3. The van der Waals surface area contributed by atoms with Gasteiger partial charge in [0.1, 0.15) is 0 Å². The Labute approximate surface area is 88.9 Å². The Balaban J connectivity index is 2.32. The lowest BCUT2D eigenvalue weighted by Crippen LogP contribution is -2.41. The third-order valence-electron chi connectivity index (χ3n) is 3.79. The molecule has 14 heavy (non-hydrogen) atoms. The van der Waals surface area contributed by atoms with Crippen LogP contribution >= 0.6 is 10.7 Å². The number of hydrogen-bond donors (Lipinski definition) is 1. The lowest BCUT2D eigenvalue weighted by Gasteiger charge is -2.31. The van der Waals surface area contributed by atoms with E-state index in [1.54, 1.807) is 6.92 Å². The lowest BCUT2D eigenvalue weighted by atomic mass is 9.88. The molecule has 2 atom stereocenters. The van der Waals surface area contributed by atoms with Gasteiger partial charge in [-0.05, 0) is 32.6 Å². The topological polar surface area (TPSA) is 54.4 Å². The molecule has 2 rings (SSSR count). The fourth-order valence-corrected chi connectivity index (χ4v) is 4.95. The first kappa shape index (κ1) is 10.7. The van der Waals surface area contributed by atoms with Crippen molar-refractivity contribution in [3.8, 4) is 0 Å². The third-order valence-corrected chi connectivity index (χ3v) is 6.38. The van der Waals surface area contributed by atoms with E-state index in [2.05, 4.69) is 0 Å². The number of aliphatic hydroxyl groups is 1. The van der Waals surface area contributed by atoms with Crippen molar-refractivity contribution < 1.29 is 13.5 Å². The molecule has 82 valence electrons. The summed E-state index contributed by atoms with van der Waals surface area (Å²) in [5.74, 6) is -0.169. The highest BCUT2D eigenvalue weighted by Gasteiger charge is 2.64. The van der Waals surface area contributed by atoms with Gasteiger partial charge in [0.05, 0.1) is 10.3 Å². The van der Waals surface area contributed by atoms with Crippen LogP contribution in [-0.2, 0) is 9.05 Å². The Bertz CT molecular complexity index is 343. The van der Waals surface area contributed by atoms with Crippen molar-refractivity contribution in [3.63, 3.8) is 0 Å². The zero-order chi connectivity index (χ0) is 10.6. The number of rotatable bonds is 2. The zero-order valence-electron chi connectivity index (χ0n) is 8.16. The number of halogens is 1. The molecule has 0 saturated heterocycles. The van der Waals surface area contributed by atoms with Crippen LogP contribution in [0.3, 0.4) is 0 Å². The van der Waals surface area contributed by atoms with Gasteiger partial charge in [0.25, 0.3) is 0 Å². The van der Waals surface area contributed by atoms with Gasteiger partial charge in [-0.25, -0.2) is 8.42 Å². The monoisotopic (exact) mass is 238 g/mol. The van der Waals surface area contributed by atoms with Gasteiger partial charge in [0.2, 0.25) is 9.05 Å². The maximum Gasteiger partial charge on any atom is 0.238 e. The fourth-order valence-electron chi connectivity index (χ4n) is 2.86. The van der Waals surface area contributed by atoms with Gasteiger partial charge in [-0.15, -0.1) is 0 Å². The predicted molar refractivity (Wildman–Crippen MR) is 54.7 cm³/mol. The summed E-state index contributed by atoms with van der Waals surface area (Å²) >= 11 is 0. The molecule has 1 N–H and O–H groups in total. The van der Waals surface area contributed by atoms with Crippen molar-refractivity contribution in [1.82, 2.24) is 0 Å². The highest BCUT2D eigenvalue weighted by molar-refractivity contribution is 8.15. The van der Waals surface area contributed by atoms with E-state index in [1.165, 1.54) is 0 Å². The van der Waals surface area contributed by atoms with E-state index in [0.717, 1.165) is 12.8 Å². The van der Waals surface area contributed by atoms with Gasteiger partial charge < -0.3 is 5.11 Å². The Morgan fingerprint density at radius 1 is 1.36 bits per heavy atom. The molecule has 0 aromatic heterocycles. The second kappa shape index (κ2) is 2.86. The summed E-state index contributed by atoms with van der Waals surface area (Å²) in [4.78, 5) is 0. The van der Waals surface area contributed by atoms with Gasteiger partial charge in [-0.2, -0.15) is 0 Å². The zero-order valence-corrected chi connectivity index (χ0v) is 9.74. The summed E-state index contributed by atoms with van der Waals surface area (Å²) < 4.78 is 22.1. The van der Waals surface area contributed by atoms with Crippen LogP contribution in [0.2, 0.25) is 0 Å². The van der Waals surface area contributed by atoms with Crippen molar-refractivity contribution in [3.05, 3.63) is 0 Å². The SMILES string of the molecule is CC1(O)CCCC1C1(S(=O)(=O)Cl)CC1. The van der Waals surface area contributed by atoms with E-state index in [9.17, 15) is 13.5 Å². The Hall–Kier alpha value is 0.200. The largest absolute Gasteiger partial charge is 0.390 e. The second-order valence-electron chi connectivity index (χ2n) is 4.80. The van der Waals surface area contributed by atoms with Crippen LogP contribution in [0.4, 0.5) is 0 Å². The molecule has 2 saturated carbocycles. The van der Waals surface area contributed by atoms with Crippen LogP contribution in [0.1, 0.15) is 39.0 Å². The average Bonchev–Trinajstić information content (AvgIpc) is 2.71. The van der Waals surface area contributed by atoms with Crippen molar-refractivity contribution in [1.29, 1.82) is 0 Å². The summed E-state index contributed by atoms with van der Waals surface area (Å²) in [5, 5.41) is 10.1. The van der Waals surface area contributed by atoms with Crippen molar-refractivity contribution in [2.24, 2.45) is 5.92 Å². The van der Waals surface area contributed by atoms with Crippen molar-refractivity contribution >= 4 is 19.7 Å². The molecule has 3 nitrogen and oxygen atoms in total. The Morgan fingerprint density at radius 2 is 1.93 bits per heavy atom. The molecule has 0 radical (unpaired) electrons. The molecule has 0 amide bonds. The lowest BCUT2D eigenvalue weighted by molar-refractivity contribution is 0.0166. The van der Waals surface area contributed by atoms with Crippen LogP contribution < -0.4 is 0 Å². The highest BCUT2D eigenvalue weighted by Crippen LogP contribution is 2.58. The first-order valence-electron chi connectivity index (χ1n) is 4.96. The van der Waals surface area contributed by atoms with Gasteiger partial charge in [-0.1, -0.05) is 6.42 Å². The molecule has 0 bridgehead atoms. The minimum atomic E-state index is -3.53. The molecule has 0 aliphatic heterocycles. The molecule has 2 aliphatic carbocycles. The van der Waals surface area contributed by atoms with Crippen LogP contribution in [0.5, 0.6) is 0 Å². The quantitative estimate of drug-likeness (QED) is 0.745. The van der Waals surface area contributed by atoms with Crippen molar-refractivity contribution in [2.45, 2.75) is 49.4 Å². The Kier molecular flexibility index (Phi) is 2.19. The predicted octanol–water partition coefficient (Wildman–Crippen LogP) is 1.64. The molecule has 0 heterocycles. The minimum Gasteiger partial charge on any atom is -0.390 e. The fraction of sp³-hybridized carbons (Fsp3) is 1.00. The summed E-state index contributed by atoms with van der Waals surface area (Å²) in [7, 11) is 1.92. The van der Waals surface area contributed by atoms with Crippen LogP contribution in [0, 0.1) is 5.92 Å². The third kappa shape index (κ3) is 1.39. The average molecular weight is 239 g/mol. The first-order valence-corrected chi connectivity index (χ1v) is 7.27. The molecule has 5 heteroatoms. The maximum absolute atomic E-state index is 11.4. The van der Waals surface area contributed by atoms with E-state index in [0.29, 0.717) is 19.3 Å². The summed E-state index contributed by atoms with van der Waals surface area (Å²) in [6, 6.07) is 0. The number of hydrogen-bond acceptors (Lipinski definition) is 3. The summed E-state index contributed by atoms with van der Waals surface area (Å²) in [6.45, 7) is 1.73. The van der Waals surface area contributed by atoms with E-state index < -0.39 is 19.4 Å². The first-order chi connectivity index (χ1) is 6.30. The molecule has 0 spiro atoms. The maximum atomic E-state index is 11.4. The molecule has 2 unspecified atom stereocenters. The molecule has 0 aromatic carbocycles. The van der Waals surface area contributed by atoms with Gasteiger partial charge >= 0.3 is 0 Å². The van der Waals surface area contributed by atoms with Crippen LogP contribution in [0.25, 0.3) is 0 Å². The van der Waals surface area contributed by atoms with E-state index in [1.807, 2.05) is 0 Å². The second-order valence-corrected chi connectivity index (χ2v) is 7.71. The molecule has 0 aromatic rings. The molecule has 2 aliphatic rings. The summed E-state index contributed by atoms with van der Waals surface area (Å²) in [5.41, 5.74) is -0.849. The van der Waals surface area contributed by atoms with E-state index >= 15 is 0 Å². The normalized spacial score (nSPS) is 41.2. The Morgan fingerprint density at radius 3 is 2.21 bits per heavy atom.